The molecule has 0 bridgehead atoms. The van der Waals surface area contributed by atoms with E-state index in [1.165, 1.54) is 24.3 Å². The zero-order chi connectivity index (χ0) is 12.1. The van der Waals surface area contributed by atoms with E-state index in [1.807, 2.05) is 0 Å². The van der Waals surface area contributed by atoms with Gasteiger partial charge in [0, 0.05) is 6.26 Å². The van der Waals surface area contributed by atoms with E-state index in [0.717, 1.165) is 6.26 Å². The van der Waals surface area contributed by atoms with Gasteiger partial charge in [0.25, 0.3) is 0 Å². The van der Waals surface area contributed by atoms with Crippen LogP contribution in [0.1, 0.15) is 0 Å². The SMILES string of the molecule is CS(=O)(=O)c1cccc(O)c1.O=C([O-])[O-].[K+].[K+]. The molecule has 1 N–H and O–H groups in total. The fraction of sp³-hybridized carbons (Fsp3) is 0.125. The van der Waals surface area contributed by atoms with E-state index >= 15 is 0 Å². The summed E-state index contributed by atoms with van der Waals surface area (Å²) in [6.07, 6.45) is -1.23. The Morgan fingerprint density at radius 3 is 1.88 bits per heavy atom. The molecule has 0 heterocycles. The first kappa shape index (κ1) is 23.6. The molecular weight excluding hydrogens is 302 g/mol. The Hall–Kier alpha value is 1.51. The molecule has 0 aliphatic rings. The maximum Gasteiger partial charge on any atom is 1.00 e. The molecule has 0 spiro atoms. The van der Waals surface area contributed by atoms with Crippen LogP contribution in [0.2, 0.25) is 0 Å². The van der Waals surface area contributed by atoms with Crippen LogP contribution in [0.15, 0.2) is 29.2 Å². The Labute approximate surface area is 184 Å². The molecule has 0 atom stereocenters. The van der Waals surface area contributed by atoms with Crippen molar-refractivity contribution < 1.29 is 131 Å². The van der Waals surface area contributed by atoms with Crippen LogP contribution in [0, 0.1) is 0 Å². The molecule has 0 radical (unpaired) electrons. The number of phenols is 1. The first-order chi connectivity index (χ1) is 6.73. The fourth-order valence-electron chi connectivity index (χ4n) is 0.714. The number of phenolic OH excluding ortho intramolecular Hbond substituents is 1. The van der Waals surface area contributed by atoms with Crippen LogP contribution in [-0.4, -0.2) is 25.9 Å². The number of hydrogen-bond acceptors (Lipinski definition) is 6. The minimum atomic E-state index is -3.19. The van der Waals surface area contributed by atoms with Gasteiger partial charge in [0.15, 0.2) is 9.84 Å². The summed E-state index contributed by atoms with van der Waals surface area (Å²) in [5, 5.41) is 25.6. The van der Waals surface area contributed by atoms with Crippen molar-refractivity contribution in [1.29, 1.82) is 0 Å². The molecule has 0 saturated heterocycles. The van der Waals surface area contributed by atoms with Crippen LogP contribution in [-0.2, 0) is 9.84 Å². The molecule has 6 nitrogen and oxygen atoms in total. The van der Waals surface area contributed by atoms with Gasteiger partial charge in [-0.05, 0) is 24.4 Å². The number of aromatic hydroxyl groups is 1. The third-order valence-electron chi connectivity index (χ3n) is 1.25. The minimum Gasteiger partial charge on any atom is -0.652 e. The molecule has 0 aliphatic heterocycles. The molecule has 9 heteroatoms. The molecule has 0 fully saturated rings. The topological polar surface area (TPSA) is 118 Å². The smallest absolute Gasteiger partial charge is 0.652 e. The van der Waals surface area contributed by atoms with Crippen LogP contribution in [0.3, 0.4) is 0 Å². The largest absolute Gasteiger partial charge is 1.00 e. The average Bonchev–Trinajstić information content (AvgIpc) is 2.01. The molecule has 1 rings (SSSR count). The minimum absolute atomic E-state index is 0. The van der Waals surface area contributed by atoms with Gasteiger partial charge in [-0.15, -0.1) is 0 Å². The van der Waals surface area contributed by atoms with Crippen LogP contribution < -0.4 is 113 Å². The maximum absolute atomic E-state index is 10.9. The van der Waals surface area contributed by atoms with E-state index in [1.54, 1.807) is 0 Å². The summed E-state index contributed by atoms with van der Waals surface area (Å²) in [4.78, 5) is 8.47. The number of sulfone groups is 1. The average molecular weight is 310 g/mol. The number of carbonyl (C=O) groups is 1. The van der Waals surface area contributed by atoms with E-state index in [2.05, 4.69) is 0 Å². The van der Waals surface area contributed by atoms with Crippen molar-refractivity contribution in [2.24, 2.45) is 0 Å². The standard InChI is InChI=1S/C7H8O3S.CH2O3.2K/c1-11(9,10)7-4-2-3-6(8)5-7;2-1(3)4;;/h2-5,8H,1H3;(H2,2,3,4);;/q;;2*+1/p-2. The maximum atomic E-state index is 10.9. The third kappa shape index (κ3) is 13.7. The molecule has 0 unspecified atom stereocenters. The number of hydrogen-bond donors (Lipinski definition) is 1. The zero-order valence-electron chi connectivity index (χ0n) is 9.71. The Balaban J connectivity index is -0.000000289. The van der Waals surface area contributed by atoms with Crippen LogP contribution in [0.4, 0.5) is 4.79 Å². The summed E-state index contributed by atoms with van der Waals surface area (Å²) in [7, 11) is -3.19. The van der Waals surface area contributed by atoms with Crippen molar-refractivity contribution in [2.75, 3.05) is 6.26 Å². The van der Waals surface area contributed by atoms with Crippen molar-refractivity contribution in [3.8, 4) is 5.75 Å². The van der Waals surface area contributed by atoms with Crippen molar-refractivity contribution in [1.82, 2.24) is 0 Å². The monoisotopic (exact) mass is 310 g/mol. The summed E-state index contributed by atoms with van der Waals surface area (Å²) < 4.78 is 21.7. The van der Waals surface area contributed by atoms with Gasteiger partial charge in [-0.2, -0.15) is 0 Å². The van der Waals surface area contributed by atoms with E-state index in [0.29, 0.717) is 0 Å². The molecule has 0 aromatic heterocycles. The molecular formula is C8H8K2O6S. The fourth-order valence-corrected chi connectivity index (χ4v) is 1.37. The molecule has 17 heavy (non-hydrogen) atoms. The third-order valence-corrected chi connectivity index (χ3v) is 2.36. The van der Waals surface area contributed by atoms with E-state index in [4.69, 9.17) is 20.1 Å². The second-order valence-corrected chi connectivity index (χ2v) is 4.54. The number of carbonyl (C=O) groups excluding carboxylic acids is 1. The van der Waals surface area contributed by atoms with Crippen LogP contribution >= 0.6 is 0 Å². The summed E-state index contributed by atoms with van der Waals surface area (Å²) in [5.74, 6) is -0.0343. The number of benzene rings is 1. The first-order valence-electron chi connectivity index (χ1n) is 3.60. The molecule has 1 aromatic rings. The second-order valence-electron chi connectivity index (χ2n) is 2.52. The van der Waals surface area contributed by atoms with Gasteiger partial charge in [0.2, 0.25) is 0 Å². The van der Waals surface area contributed by atoms with Crippen LogP contribution in [0.25, 0.3) is 0 Å². The van der Waals surface area contributed by atoms with Crippen molar-refractivity contribution in [3.63, 3.8) is 0 Å². The van der Waals surface area contributed by atoms with E-state index in [9.17, 15) is 8.42 Å². The number of rotatable bonds is 1. The predicted octanol–water partition coefficient (Wildman–Crippen LogP) is -7.64. The van der Waals surface area contributed by atoms with Gasteiger partial charge in [-0.1, -0.05) is 6.07 Å². The Kier molecular flexibility index (Phi) is 15.8. The van der Waals surface area contributed by atoms with Crippen molar-refractivity contribution >= 4 is 16.0 Å². The molecule has 0 amide bonds. The second kappa shape index (κ2) is 11.3. The Morgan fingerprint density at radius 2 is 1.65 bits per heavy atom. The number of carboxylic acid groups (broad SMARTS) is 2. The van der Waals surface area contributed by atoms with Crippen LogP contribution in [0.5, 0.6) is 5.75 Å². The Bertz CT molecular complexity index is 441. The zero-order valence-corrected chi connectivity index (χ0v) is 16.8. The summed E-state index contributed by atoms with van der Waals surface area (Å²) in [5.41, 5.74) is 0. The van der Waals surface area contributed by atoms with E-state index < -0.39 is 16.0 Å². The summed E-state index contributed by atoms with van der Waals surface area (Å²) >= 11 is 0. The first-order valence-corrected chi connectivity index (χ1v) is 5.49. The van der Waals surface area contributed by atoms with Crippen molar-refractivity contribution in [2.45, 2.75) is 4.90 Å². The van der Waals surface area contributed by atoms with Gasteiger partial charge >= 0.3 is 103 Å². The van der Waals surface area contributed by atoms with Gasteiger partial charge in [-0.3, -0.25) is 0 Å². The summed E-state index contributed by atoms with van der Waals surface area (Å²) in [6.45, 7) is 0. The molecule has 1 aromatic carbocycles. The molecule has 0 aliphatic carbocycles. The van der Waals surface area contributed by atoms with Gasteiger partial charge in [-0.25, -0.2) is 8.42 Å². The molecule has 0 saturated carbocycles. The van der Waals surface area contributed by atoms with Gasteiger partial charge < -0.3 is 20.1 Å². The van der Waals surface area contributed by atoms with Gasteiger partial charge in [0.05, 0.1) is 4.90 Å². The Morgan fingerprint density at radius 1 is 1.24 bits per heavy atom. The normalized spacial score (nSPS) is 8.76. The quantitative estimate of drug-likeness (QED) is 0.515. The van der Waals surface area contributed by atoms with E-state index in [-0.39, 0.29) is 113 Å². The summed E-state index contributed by atoms with van der Waals surface area (Å²) in [6, 6.07) is 5.57. The molecule has 84 valence electrons. The predicted molar refractivity (Wildman–Crippen MR) is 46.6 cm³/mol. The van der Waals surface area contributed by atoms with Crippen molar-refractivity contribution in [3.05, 3.63) is 24.3 Å². The van der Waals surface area contributed by atoms with Gasteiger partial charge in [0.1, 0.15) is 5.75 Å².